The molecule has 0 saturated heterocycles. The highest BCUT2D eigenvalue weighted by Gasteiger charge is 2.17. The number of carbonyl (C=O) groups excluding carboxylic acids is 1. The maximum atomic E-state index is 13.3. The van der Waals surface area contributed by atoms with Gasteiger partial charge in [0.05, 0.1) is 12.1 Å². The van der Waals surface area contributed by atoms with Gasteiger partial charge in [0.1, 0.15) is 22.9 Å². The number of benzene rings is 2. The van der Waals surface area contributed by atoms with Gasteiger partial charge in [0.25, 0.3) is 5.56 Å². The molecule has 2 heterocycles. The van der Waals surface area contributed by atoms with Gasteiger partial charge in [-0.05, 0) is 47.3 Å². The van der Waals surface area contributed by atoms with Crippen LogP contribution in [0.2, 0.25) is 0 Å². The second kappa shape index (κ2) is 8.03. The Labute approximate surface area is 172 Å². The number of carbonyl (C=O) groups is 1. The molecule has 30 heavy (non-hydrogen) atoms. The molecule has 0 fully saturated rings. The van der Waals surface area contributed by atoms with Crippen molar-refractivity contribution in [3.63, 3.8) is 0 Å². The molecule has 1 N–H and O–H groups in total. The summed E-state index contributed by atoms with van der Waals surface area (Å²) in [6.07, 6.45) is 0. The van der Waals surface area contributed by atoms with E-state index in [0.29, 0.717) is 15.8 Å². The number of aromatic nitrogens is 2. The second-order valence-corrected chi connectivity index (χ2v) is 7.50. The van der Waals surface area contributed by atoms with E-state index in [-0.39, 0.29) is 18.8 Å². The number of rotatable bonds is 5. The first kappa shape index (κ1) is 19.7. The molecular formula is C21H15F2N3O3S. The Balaban J connectivity index is 1.71. The highest BCUT2D eigenvalue weighted by atomic mass is 32.1. The maximum Gasteiger partial charge on any atom is 0.332 e. The summed E-state index contributed by atoms with van der Waals surface area (Å²) in [5.74, 6) is -1.47. The molecule has 9 heteroatoms. The third-order valence-electron chi connectivity index (χ3n) is 4.50. The van der Waals surface area contributed by atoms with Crippen LogP contribution in [0.15, 0.2) is 69.6 Å². The first-order valence-corrected chi connectivity index (χ1v) is 9.81. The SMILES string of the molecule is O=C(Cn1c(=O)n(Cc2ccc(F)cc2)c(=O)c2sccc21)Nc1cccc(F)c1. The van der Waals surface area contributed by atoms with Crippen LogP contribution in [0.1, 0.15) is 5.56 Å². The lowest BCUT2D eigenvalue weighted by Crippen LogP contribution is -2.41. The van der Waals surface area contributed by atoms with E-state index >= 15 is 0 Å². The molecule has 0 saturated carbocycles. The monoisotopic (exact) mass is 427 g/mol. The summed E-state index contributed by atoms with van der Waals surface area (Å²) in [4.78, 5) is 38.3. The van der Waals surface area contributed by atoms with Gasteiger partial charge in [-0.3, -0.25) is 18.7 Å². The van der Waals surface area contributed by atoms with Crippen molar-refractivity contribution in [3.8, 4) is 0 Å². The Kier molecular flexibility index (Phi) is 5.28. The first-order valence-electron chi connectivity index (χ1n) is 8.93. The van der Waals surface area contributed by atoms with Gasteiger partial charge in [-0.2, -0.15) is 0 Å². The van der Waals surface area contributed by atoms with Crippen LogP contribution >= 0.6 is 11.3 Å². The zero-order valence-corrected chi connectivity index (χ0v) is 16.3. The average molecular weight is 427 g/mol. The lowest BCUT2D eigenvalue weighted by Gasteiger charge is -2.12. The molecule has 0 spiro atoms. The number of halogens is 2. The Bertz CT molecular complexity index is 1360. The highest BCUT2D eigenvalue weighted by Crippen LogP contribution is 2.16. The summed E-state index contributed by atoms with van der Waals surface area (Å²) >= 11 is 1.16. The van der Waals surface area contributed by atoms with Crippen LogP contribution in [0.3, 0.4) is 0 Å². The van der Waals surface area contributed by atoms with Gasteiger partial charge >= 0.3 is 5.69 Å². The van der Waals surface area contributed by atoms with Crippen molar-refractivity contribution >= 4 is 33.1 Å². The fourth-order valence-electron chi connectivity index (χ4n) is 3.11. The largest absolute Gasteiger partial charge is 0.332 e. The normalized spacial score (nSPS) is 11.0. The Morgan fingerprint density at radius 1 is 0.967 bits per heavy atom. The highest BCUT2D eigenvalue weighted by molar-refractivity contribution is 7.17. The van der Waals surface area contributed by atoms with Crippen LogP contribution in [-0.4, -0.2) is 15.0 Å². The van der Waals surface area contributed by atoms with Crippen molar-refractivity contribution in [3.05, 3.63) is 98.0 Å². The number of fused-ring (bicyclic) bond motifs is 1. The van der Waals surface area contributed by atoms with E-state index in [1.807, 2.05) is 0 Å². The van der Waals surface area contributed by atoms with Crippen molar-refractivity contribution in [1.82, 2.24) is 9.13 Å². The smallest absolute Gasteiger partial charge is 0.324 e. The quantitative estimate of drug-likeness (QED) is 0.532. The third kappa shape index (κ3) is 3.92. The number of thiophene rings is 1. The number of anilines is 1. The summed E-state index contributed by atoms with van der Waals surface area (Å²) in [6.45, 7) is -0.413. The predicted molar refractivity (Wildman–Crippen MR) is 111 cm³/mol. The van der Waals surface area contributed by atoms with Gasteiger partial charge in [-0.25, -0.2) is 13.6 Å². The number of hydrogen-bond donors (Lipinski definition) is 1. The maximum absolute atomic E-state index is 13.3. The molecule has 0 atom stereocenters. The second-order valence-electron chi connectivity index (χ2n) is 6.58. The third-order valence-corrected chi connectivity index (χ3v) is 5.39. The summed E-state index contributed by atoms with van der Waals surface area (Å²) in [5, 5.41) is 4.20. The molecule has 0 aliphatic heterocycles. The molecule has 0 unspecified atom stereocenters. The first-order chi connectivity index (χ1) is 14.4. The minimum Gasteiger partial charge on any atom is -0.324 e. The van der Waals surface area contributed by atoms with Gasteiger partial charge in [-0.1, -0.05) is 18.2 Å². The molecule has 2 aromatic carbocycles. The van der Waals surface area contributed by atoms with E-state index in [9.17, 15) is 23.2 Å². The van der Waals surface area contributed by atoms with Crippen molar-refractivity contribution < 1.29 is 13.6 Å². The van der Waals surface area contributed by atoms with Gasteiger partial charge in [0.2, 0.25) is 5.91 Å². The van der Waals surface area contributed by atoms with E-state index in [0.717, 1.165) is 22.0 Å². The van der Waals surface area contributed by atoms with E-state index in [1.165, 1.54) is 47.0 Å². The van der Waals surface area contributed by atoms with Crippen molar-refractivity contribution in [2.45, 2.75) is 13.1 Å². The van der Waals surface area contributed by atoms with E-state index in [4.69, 9.17) is 0 Å². The molecule has 4 aromatic rings. The van der Waals surface area contributed by atoms with E-state index in [1.54, 1.807) is 11.4 Å². The number of amides is 1. The van der Waals surface area contributed by atoms with Crippen LogP contribution in [-0.2, 0) is 17.9 Å². The van der Waals surface area contributed by atoms with E-state index in [2.05, 4.69) is 5.32 Å². The minimum absolute atomic E-state index is 0.0582. The Morgan fingerprint density at radius 3 is 2.47 bits per heavy atom. The van der Waals surface area contributed by atoms with Crippen molar-refractivity contribution in [2.75, 3.05) is 5.32 Å². The standard InChI is InChI=1S/C21H15F2N3O3S/c22-14-6-4-13(5-7-14)11-26-20(28)19-17(8-9-30-19)25(21(26)29)12-18(27)24-16-3-1-2-15(23)10-16/h1-10H,11-12H2,(H,24,27). The minimum atomic E-state index is -0.662. The zero-order chi connectivity index (χ0) is 21.3. The number of nitrogens with one attached hydrogen (secondary N) is 1. The molecule has 1 amide bonds. The Hall–Kier alpha value is -3.59. The zero-order valence-electron chi connectivity index (χ0n) is 15.5. The molecule has 0 aliphatic rings. The summed E-state index contributed by atoms with van der Waals surface area (Å²) in [6, 6.07) is 12.5. The number of hydrogen-bond acceptors (Lipinski definition) is 4. The molecule has 6 nitrogen and oxygen atoms in total. The van der Waals surface area contributed by atoms with Gasteiger partial charge in [0.15, 0.2) is 0 Å². The number of nitrogens with zero attached hydrogens (tertiary/aromatic N) is 2. The van der Waals surface area contributed by atoms with Crippen LogP contribution in [0.5, 0.6) is 0 Å². The van der Waals surface area contributed by atoms with Gasteiger partial charge in [0, 0.05) is 5.69 Å². The molecular weight excluding hydrogens is 412 g/mol. The summed E-state index contributed by atoms with van der Waals surface area (Å²) in [7, 11) is 0. The van der Waals surface area contributed by atoms with Crippen LogP contribution in [0, 0.1) is 11.6 Å². The molecule has 4 rings (SSSR count). The lowest BCUT2D eigenvalue weighted by molar-refractivity contribution is -0.116. The molecule has 152 valence electrons. The molecule has 0 bridgehead atoms. The van der Waals surface area contributed by atoms with Crippen molar-refractivity contribution in [2.24, 2.45) is 0 Å². The predicted octanol–water partition coefficient (Wildman–Crippen LogP) is 3.19. The Morgan fingerprint density at radius 2 is 1.73 bits per heavy atom. The molecule has 0 aliphatic carbocycles. The van der Waals surface area contributed by atoms with Crippen molar-refractivity contribution in [1.29, 1.82) is 0 Å². The fourth-order valence-corrected chi connectivity index (χ4v) is 3.95. The van der Waals surface area contributed by atoms with Crippen LogP contribution in [0.4, 0.5) is 14.5 Å². The van der Waals surface area contributed by atoms with Gasteiger partial charge < -0.3 is 5.32 Å². The summed E-state index contributed by atoms with van der Waals surface area (Å²) in [5.41, 5.74) is 0.0389. The molecule has 0 radical (unpaired) electrons. The average Bonchev–Trinajstić information content (AvgIpc) is 3.20. The topological polar surface area (TPSA) is 73.1 Å². The van der Waals surface area contributed by atoms with Crippen LogP contribution < -0.4 is 16.6 Å². The van der Waals surface area contributed by atoms with Crippen LogP contribution in [0.25, 0.3) is 10.2 Å². The van der Waals surface area contributed by atoms with Gasteiger partial charge in [-0.15, -0.1) is 11.3 Å². The lowest BCUT2D eigenvalue weighted by atomic mass is 10.2. The van der Waals surface area contributed by atoms with E-state index < -0.39 is 28.8 Å². The molecule has 2 aromatic heterocycles. The summed E-state index contributed by atoms with van der Waals surface area (Å²) < 4.78 is 29.0. The fraction of sp³-hybridized carbons (Fsp3) is 0.0952.